The molecule has 3 rings (SSSR count). The van der Waals surface area contributed by atoms with Gasteiger partial charge in [0.15, 0.2) is 0 Å². The highest BCUT2D eigenvalue weighted by Gasteiger charge is 2.17. The highest BCUT2D eigenvalue weighted by atomic mass is 35.5. The molecule has 0 radical (unpaired) electrons. The number of carbonyl (C=O) groups excluding carboxylic acids is 3. The summed E-state index contributed by atoms with van der Waals surface area (Å²) in [5, 5.41) is 16.9. The first-order valence-electron chi connectivity index (χ1n) is 19.7. The third kappa shape index (κ3) is 42.6. The molecule has 0 aliphatic rings. The molecule has 0 fully saturated rings. The fourth-order valence-electron chi connectivity index (χ4n) is 3.77. The van der Waals surface area contributed by atoms with Crippen LogP contribution in [0, 0.1) is 0 Å². The summed E-state index contributed by atoms with van der Waals surface area (Å²) < 4.78 is 15.2. The predicted molar refractivity (Wildman–Crippen MR) is 241 cm³/mol. The molecule has 21 heteroatoms. The van der Waals surface area contributed by atoms with Crippen LogP contribution in [0.4, 0.5) is 14.4 Å². The fraction of sp³-hybridized carbons (Fsp3) is 0.625. The molecule has 0 aliphatic carbocycles. The standard InChI is InChI=1S/2C13H20ClN3O2.C8H18N2O2.C4H2Cl2N2.C2H6O/c1-13(2,3)19-12(18)16-8-5-4-6-11-15-9-7-10(14)17-11;1-13(2,3)19-12(18)16-8-5-4-6-10-7-9-15-11(14)17-10;1-8(2,3)12-7(11)10-6-4-5-9;5-3-1-2-7-4(6)8-3;1-2-3/h2*7,9H,4-6,8H2,1-3H3,(H,16,18);4-6,9H2,1-3H3,(H,10,11);1-2H;3H,2H2,1H3. The van der Waals surface area contributed by atoms with Crippen LogP contribution < -0.4 is 21.7 Å². The zero-order valence-corrected chi connectivity index (χ0v) is 40.1. The third-order valence-corrected chi connectivity index (χ3v) is 6.81. The van der Waals surface area contributed by atoms with Gasteiger partial charge in [0.05, 0.1) is 0 Å². The molecule has 3 aromatic rings. The minimum atomic E-state index is -0.460. The van der Waals surface area contributed by atoms with Crippen LogP contribution >= 0.6 is 46.4 Å². The quantitative estimate of drug-likeness (QED) is 0.0467. The summed E-state index contributed by atoms with van der Waals surface area (Å²) in [5.41, 5.74) is 4.82. The Kier molecular flexibility index (Phi) is 32.7. The highest BCUT2D eigenvalue weighted by molar-refractivity contribution is 6.31. The first kappa shape index (κ1) is 59.2. The predicted octanol–water partition coefficient (Wildman–Crippen LogP) is 8.60. The number of unbranched alkanes of at least 4 members (excludes halogenated alkanes) is 2. The summed E-state index contributed by atoms with van der Waals surface area (Å²) in [4.78, 5) is 57.0. The summed E-state index contributed by atoms with van der Waals surface area (Å²) in [7, 11) is 0. The Balaban J connectivity index is 0. The van der Waals surface area contributed by atoms with Gasteiger partial charge in [0.25, 0.3) is 0 Å². The van der Waals surface area contributed by atoms with E-state index in [9.17, 15) is 14.4 Å². The second-order valence-corrected chi connectivity index (χ2v) is 16.9. The average molecular weight is 941 g/mol. The Morgan fingerprint density at radius 2 is 0.967 bits per heavy atom. The number of aromatic nitrogens is 6. The number of nitrogens with one attached hydrogen (secondary N) is 3. The zero-order valence-electron chi connectivity index (χ0n) is 37.1. The second kappa shape index (κ2) is 33.7. The number of hydrogen-bond donors (Lipinski definition) is 5. The number of nitrogens with zero attached hydrogens (tertiary/aromatic N) is 6. The fourth-order valence-corrected chi connectivity index (χ4v) is 4.42. The number of amides is 3. The number of rotatable bonds is 13. The van der Waals surface area contributed by atoms with E-state index in [1.165, 1.54) is 6.20 Å². The van der Waals surface area contributed by atoms with Crippen molar-refractivity contribution in [1.29, 1.82) is 0 Å². The van der Waals surface area contributed by atoms with Gasteiger partial charge in [0, 0.05) is 56.9 Å². The number of hydrogen-bond acceptors (Lipinski definition) is 14. The van der Waals surface area contributed by atoms with Crippen molar-refractivity contribution < 1.29 is 33.7 Å². The van der Waals surface area contributed by atoms with Crippen molar-refractivity contribution in [1.82, 2.24) is 45.9 Å². The molecule has 3 heterocycles. The van der Waals surface area contributed by atoms with E-state index < -0.39 is 16.8 Å². The molecule has 3 amide bonds. The molecular weight excluding hydrogens is 874 g/mol. The van der Waals surface area contributed by atoms with Crippen LogP contribution in [0.1, 0.15) is 113 Å². The molecule has 0 saturated carbocycles. The minimum absolute atomic E-state index is 0.178. The summed E-state index contributed by atoms with van der Waals surface area (Å²) >= 11 is 22.2. The molecule has 0 spiro atoms. The molecule has 0 saturated heterocycles. The first-order chi connectivity index (χ1) is 28.4. The van der Waals surface area contributed by atoms with Crippen molar-refractivity contribution in [3.05, 3.63) is 69.2 Å². The Labute approximate surface area is 381 Å². The minimum Gasteiger partial charge on any atom is -0.444 e. The number of aliphatic hydroxyl groups excluding tert-OH is 1. The molecule has 0 aromatic carbocycles. The molecule has 0 aliphatic heterocycles. The lowest BCUT2D eigenvalue weighted by atomic mass is 10.2. The number of carbonyl (C=O) groups is 3. The molecule has 61 heavy (non-hydrogen) atoms. The monoisotopic (exact) mass is 938 g/mol. The van der Waals surface area contributed by atoms with E-state index in [0.29, 0.717) is 36.5 Å². The van der Waals surface area contributed by atoms with Gasteiger partial charge in [-0.3, -0.25) is 0 Å². The van der Waals surface area contributed by atoms with Crippen molar-refractivity contribution in [2.75, 3.05) is 32.8 Å². The Morgan fingerprint density at radius 3 is 1.33 bits per heavy atom. The number of ether oxygens (including phenoxy) is 3. The first-order valence-corrected chi connectivity index (χ1v) is 21.2. The van der Waals surface area contributed by atoms with Crippen LogP contribution in [0.5, 0.6) is 0 Å². The lowest BCUT2D eigenvalue weighted by molar-refractivity contribution is 0.0515. The van der Waals surface area contributed by atoms with Gasteiger partial charge in [-0.15, -0.1) is 0 Å². The zero-order chi connectivity index (χ0) is 46.9. The topological polar surface area (TPSA) is 239 Å². The van der Waals surface area contributed by atoms with Crippen molar-refractivity contribution in [2.45, 2.75) is 131 Å². The molecular formula is C40H66Cl4N10O7. The van der Waals surface area contributed by atoms with Gasteiger partial charge in [-0.25, -0.2) is 44.3 Å². The van der Waals surface area contributed by atoms with Crippen molar-refractivity contribution in [2.24, 2.45) is 5.73 Å². The van der Waals surface area contributed by atoms with E-state index in [0.717, 1.165) is 56.5 Å². The van der Waals surface area contributed by atoms with Gasteiger partial charge < -0.3 is 41.0 Å². The van der Waals surface area contributed by atoms with Gasteiger partial charge in [0.2, 0.25) is 10.6 Å². The molecule has 0 bridgehead atoms. The highest BCUT2D eigenvalue weighted by Crippen LogP contribution is 2.10. The lowest BCUT2D eigenvalue weighted by Gasteiger charge is -2.19. The van der Waals surface area contributed by atoms with Crippen LogP contribution in [0.3, 0.4) is 0 Å². The maximum atomic E-state index is 11.4. The third-order valence-electron chi connectivity index (χ3n) is 6.02. The van der Waals surface area contributed by atoms with E-state index in [4.69, 9.17) is 71.5 Å². The summed E-state index contributed by atoms with van der Waals surface area (Å²) in [6.45, 7) is 20.8. The van der Waals surface area contributed by atoms with Gasteiger partial charge in [0.1, 0.15) is 32.9 Å². The Bertz CT molecular complexity index is 1550. The Morgan fingerprint density at radius 1 is 0.590 bits per heavy atom. The Hall–Kier alpha value is -3.87. The normalized spacial score (nSPS) is 10.6. The van der Waals surface area contributed by atoms with Gasteiger partial charge in [-0.1, -0.05) is 23.2 Å². The van der Waals surface area contributed by atoms with Crippen LogP contribution in [0.2, 0.25) is 20.9 Å². The number of nitrogens with two attached hydrogens (primary N) is 1. The van der Waals surface area contributed by atoms with Crippen LogP contribution in [0.25, 0.3) is 0 Å². The van der Waals surface area contributed by atoms with Crippen LogP contribution in [-0.4, -0.2) is 103 Å². The van der Waals surface area contributed by atoms with E-state index in [1.54, 1.807) is 31.5 Å². The number of aryl methyl sites for hydroxylation is 2. The summed E-state index contributed by atoms with van der Waals surface area (Å²) in [6, 6.07) is 5.05. The summed E-state index contributed by atoms with van der Waals surface area (Å²) in [6.07, 6.45) is 9.49. The van der Waals surface area contributed by atoms with Crippen molar-refractivity contribution in [3.63, 3.8) is 0 Å². The molecule has 346 valence electrons. The summed E-state index contributed by atoms with van der Waals surface area (Å²) in [5.74, 6) is 0.727. The van der Waals surface area contributed by atoms with E-state index in [2.05, 4.69) is 45.9 Å². The molecule has 3 aromatic heterocycles. The van der Waals surface area contributed by atoms with Gasteiger partial charge >= 0.3 is 18.3 Å². The largest absolute Gasteiger partial charge is 0.444 e. The lowest BCUT2D eigenvalue weighted by Crippen LogP contribution is -2.33. The smallest absolute Gasteiger partial charge is 0.407 e. The molecule has 17 nitrogen and oxygen atoms in total. The second-order valence-electron chi connectivity index (χ2n) is 15.4. The van der Waals surface area contributed by atoms with Crippen LogP contribution in [-0.2, 0) is 27.1 Å². The molecule has 6 N–H and O–H groups in total. The maximum Gasteiger partial charge on any atom is 0.407 e. The van der Waals surface area contributed by atoms with Gasteiger partial charge in [-0.2, -0.15) is 0 Å². The number of halogens is 4. The van der Waals surface area contributed by atoms with E-state index in [1.807, 2.05) is 68.4 Å². The molecule has 0 unspecified atom stereocenters. The van der Waals surface area contributed by atoms with Crippen molar-refractivity contribution >= 4 is 64.7 Å². The maximum absolute atomic E-state index is 11.4. The van der Waals surface area contributed by atoms with E-state index in [-0.39, 0.29) is 35.5 Å². The van der Waals surface area contributed by atoms with E-state index >= 15 is 0 Å². The molecule has 0 atom stereocenters. The SMILES string of the molecule is CC(C)(C)OC(=O)NCCCCc1ccnc(Cl)n1.CC(C)(C)OC(=O)NCCCCc1nccc(Cl)n1.CC(C)(C)OC(=O)NCCCN.CCO.Clc1ccnc(Cl)n1. The number of aliphatic hydroxyl groups is 1. The average Bonchev–Trinajstić information content (AvgIpc) is 3.10. The van der Waals surface area contributed by atoms with Crippen LogP contribution in [0.15, 0.2) is 36.8 Å². The van der Waals surface area contributed by atoms with Crippen molar-refractivity contribution in [3.8, 4) is 0 Å². The van der Waals surface area contributed by atoms with Gasteiger partial charge in [-0.05, 0) is 156 Å². The number of alkyl carbamates (subject to hydrolysis) is 3.